The number of carbonyl (C=O) groups is 2. The zero-order valence-electron chi connectivity index (χ0n) is 18.2. The van der Waals surface area contributed by atoms with Crippen LogP contribution in [-0.4, -0.2) is 47.9 Å². The minimum atomic E-state index is -0.360. The molecule has 1 aliphatic carbocycles. The van der Waals surface area contributed by atoms with E-state index in [9.17, 15) is 14.0 Å². The first-order valence-electron chi connectivity index (χ1n) is 11.2. The summed E-state index contributed by atoms with van der Waals surface area (Å²) in [6.45, 7) is 4.98. The minimum absolute atomic E-state index is 0.0136. The molecule has 1 fully saturated rings. The molecule has 2 heterocycles. The van der Waals surface area contributed by atoms with Crippen molar-refractivity contribution in [3.05, 3.63) is 64.6 Å². The van der Waals surface area contributed by atoms with Crippen LogP contribution in [0.5, 0.6) is 5.75 Å². The lowest BCUT2D eigenvalue weighted by molar-refractivity contribution is -0.144. The van der Waals surface area contributed by atoms with Crippen LogP contribution in [0.3, 0.4) is 0 Å². The molecule has 1 aromatic heterocycles. The fourth-order valence-electron chi connectivity index (χ4n) is 4.68. The van der Waals surface area contributed by atoms with Gasteiger partial charge in [-0.15, -0.1) is 17.9 Å². The Morgan fingerprint density at radius 2 is 2.09 bits per heavy atom. The zero-order valence-corrected chi connectivity index (χ0v) is 19.0. The van der Waals surface area contributed by atoms with Gasteiger partial charge in [-0.3, -0.25) is 9.59 Å². The monoisotopic (exact) mass is 456 g/mol. The van der Waals surface area contributed by atoms with E-state index in [4.69, 9.17) is 4.74 Å². The van der Waals surface area contributed by atoms with Gasteiger partial charge in [-0.05, 0) is 48.4 Å². The second-order valence-corrected chi connectivity index (χ2v) is 9.41. The summed E-state index contributed by atoms with van der Waals surface area (Å²) in [4.78, 5) is 31.1. The number of rotatable bonds is 8. The summed E-state index contributed by atoms with van der Waals surface area (Å²) in [5.74, 6) is 0.0457. The van der Waals surface area contributed by atoms with E-state index in [1.165, 1.54) is 17.0 Å². The van der Waals surface area contributed by atoms with Crippen molar-refractivity contribution < 1.29 is 18.7 Å². The Hall–Kier alpha value is -2.67. The molecular weight excluding hydrogens is 427 g/mol. The highest BCUT2D eigenvalue weighted by molar-refractivity contribution is 7.10. The summed E-state index contributed by atoms with van der Waals surface area (Å²) in [6, 6.07) is 7.79. The van der Waals surface area contributed by atoms with Crippen LogP contribution in [0.15, 0.2) is 48.4 Å². The van der Waals surface area contributed by atoms with Crippen molar-refractivity contribution in [3.8, 4) is 5.75 Å². The van der Waals surface area contributed by atoms with Gasteiger partial charge in [0, 0.05) is 30.0 Å². The van der Waals surface area contributed by atoms with Gasteiger partial charge in [0.25, 0.3) is 0 Å². The molecule has 0 radical (unpaired) electrons. The summed E-state index contributed by atoms with van der Waals surface area (Å²) in [5, 5.41) is 2.03. The van der Waals surface area contributed by atoms with E-state index in [1.54, 1.807) is 34.4 Å². The molecule has 0 unspecified atom stereocenters. The molecule has 1 atom stereocenters. The Balaban J connectivity index is 1.49. The third-order valence-corrected chi connectivity index (χ3v) is 7.31. The average molecular weight is 457 g/mol. The van der Waals surface area contributed by atoms with Crippen molar-refractivity contribution in [1.82, 2.24) is 9.80 Å². The van der Waals surface area contributed by atoms with Crippen LogP contribution in [0.4, 0.5) is 4.39 Å². The standard InChI is InChI=1S/C25H29FN2O3S/c1-2-12-27(25(30)18-6-3-4-7-18)16-24(29)28-13-10-23-21(11-14-32-23)22(28)17-31-20-9-5-8-19(26)15-20/h2,5,8-9,11,14-15,18,22H,1,3-4,6-7,10,12-13,16-17H2/t22-/m0/s1. The first-order chi connectivity index (χ1) is 15.6. The molecule has 0 saturated heterocycles. The Morgan fingerprint density at radius 3 is 2.84 bits per heavy atom. The van der Waals surface area contributed by atoms with Gasteiger partial charge in [0.1, 0.15) is 24.7 Å². The Labute approximate surface area is 192 Å². The lowest BCUT2D eigenvalue weighted by atomic mass is 10.00. The summed E-state index contributed by atoms with van der Waals surface area (Å²) >= 11 is 1.68. The largest absolute Gasteiger partial charge is 0.491 e. The van der Waals surface area contributed by atoms with Gasteiger partial charge in [-0.1, -0.05) is 25.0 Å². The summed E-state index contributed by atoms with van der Waals surface area (Å²) in [6.07, 6.45) is 6.39. The fourth-order valence-corrected chi connectivity index (χ4v) is 5.61. The van der Waals surface area contributed by atoms with Crippen molar-refractivity contribution >= 4 is 23.2 Å². The number of ether oxygens (including phenoxy) is 1. The van der Waals surface area contributed by atoms with Crippen molar-refractivity contribution in [3.63, 3.8) is 0 Å². The predicted octanol–water partition coefficient (Wildman–Crippen LogP) is 4.60. The van der Waals surface area contributed by atoms with E-state index in [1.807, 2.05) is 16.3 Å². The van der Waals surface area contributed by atoms with Gasteiger partial charge in [-0.2, -0.15) is 0 Å². The average Bonchev–Trinajstić information content (AvgIpc) is 3.48. The summed E-state index contributed by atoms with van der Waals surface area (Å²) < 4.78 is 19.4. The molecule has 1 aliphatic heterocycles. The number of hydrogen-bond acceptors (Lipinski definition) is 4. The molecule has 2 aliphatic rings. The summed E-state index contributed by atoms with van der Waals surface area (Å²) in [7, 11) is 0. The molecule has 2 aromatic rings. The van der Waals surface area contributed by atoms with Crippen molar-refractivity contribution in [1.29, 1.82) is 0 Å². The lowest BCUT2D eigenvalue weighted by Crippen LogP contribution is -2.48. The molecular formula is C25H29FN2O3S. The van der Waals surface area contributed by atoms with Gasteiger partial charge in [0.2, 0.25) is 11.8 Å². The molecule has 2 amide bonds. The fraction of sp³-hybridized carbons (Fsp3) is 0.440. The number of carbonyl (C=O) groups excluding carboxylic acids is 2. The third-order valence-electron chi connectivity index (χ3n) is 6.31. The number of hydrogen-bond donors (Lipinski definition) is 0. The highest BCUT2D eigenvalue weighted by atomic mass is 32.1. The Bertz CT molecular complexity index is 970. The van der Waals surface area contributed by atoms with E-state index >= 15 is 0 Å². The van der Waals surface area contributed by atoms with Crippen LogP contribution >= 0.6 is 11.3 Å². The Morgan fingerprint density at radius 1 is 1.28 bits per heavy atom. The number of thiophene rings is 1. The van der Waals surface area contributed by atoms with Crippen LogP contribution in [0.2, 0.25) is 0 Å². The SMILES string of the molecule is C=CCN(CC(=O)N1CCc2sccc2[C@@H]1COc1cccc(F)c1)C(=O)C1CCCC1. The highest BCUT2D eigenvalue weighted by Crippen LogP contribution is 2.34. The highest BCUT2D eigenvalue weighted by Gasteiger charge is 2.34. The molecule has 1 aromatic carbocycles. The predicted molar refractivity (Wildman–Crippen MR) is 123 cm³/mol. The topological polar surface area (TPSA) is 49.9 Å². The zero-order chi connectivity index (χ0) is 22.5. The quantitative estimate of drug-likeness (QED) is 0.546. The van der Waals surface area contributed by atoms with Crippen LogP contribution in [-0.2, 0) is 16.0 Å². The number of halogens is 1. The van der Waals surface area contributed by atoms with Crippen molar-refractivity contribution in [2.75, 3.05) is 26.2 Å². The molecule has 0 bridgehead atoms. The van der Waals surface area contributed by atoms with E-state index in [2.05, 4.69) is 6.58 Å². The van der Waals surface area contributed by atoms with Crippen LogP contribution in [0, 0.1) is 11.7 Å². The third kappa shape index (κ3) is 5.04. The van der Waals surface area contributed by atoms with Crippen LogP contribution in [0.25, 0.3) is 0 Å². The van der Waals surface area contributed by atoms with E-state index in [0.29, 0.717) is 18.8 Å². The maximum absolute atomic E-state index is 13.6. The van der Waals surface area contributed by atoms with Gasteiger partial charge in [0.15, 0.2) is 0 Å². The normalized spacial score (nSPS) is 18.3. The molecule has 0 N–H and O–H groups in total. The van der Waals surface area contributed by atoms with Crippen LogP contribution < -0.4 is 4.74 Å². The van der Waals surface area contributed by atoms with Gasteiger partial charge in [0.05, 0.1) is 6.04 Å². The first kappa shape index (κ1) is 22.5. The molecule has 0 spiro atoms. The van der Waals surface area contributed by atoms with E-state index < -0.39 is 0 Å². The second kappa shape index (κ2) is 10.3. The second-order valence-electron chi connectivity index (χ2n) is 8.41. The lowest BCUT2D eigenvalue weighted by Gasteiger charge is -2.37. The first-order valence-corrected chi connectivity index (χ1v) is 12.1. The van der Waals surface area contributed by atoms with Gasteiger partial charge >= 0.3 is 0 Å². The summed E-state index contributed by atoms with van der Waals surface area (Å²) in [5.41, 5.74) is 1.07. The molecule has 170 valence electrons. The maximum Gasteiger partial charge on any atom is 0.242 e. The molecule has 1 saturated carbocycles. The molecule has 4 rings (SSSR count). The van der Waals surface area contributed by atoms with Gasteiger partial charge < -0.3 is 14.5 Å². The van der Waals surface area contributed by atoms with Crippen molar-refractivity contribution in [2.24, 2.45) is 5.92 Å². The van der Waals surface area contributed by atoms with E-state index in [-0.39, 0.29) is 42.7 Å². The van der Waals surface area contributed by atoms with Crippen LogP contribution in [0.1, 0.15) is 42.2 Å². The van der Waals surface area contributed by atoms with Crippen molar-refractivity contribution in [2.45, 2.75) is 38.1 Å². The number of fused-ring (bicyclic) bond motifs is 1. The number of benzene rings is 1. The smallest absolute Gasteiger partial charge is 0.242 e. The van der Waals surface area contributed by atoms with Gasteiger partial charge in [-0.25, -0.2) is 4.39 Å². The molecule has 7 heteroatoms. The number of amides is 2. The maximum atomic E-state index is 13.6. The number of nitrogens with zero attached hydrogens (tertiary/aromatic N) is 2. The molecule has 5 nitrogen and oxygen atoms in total. The van der Waals surface area contributed by atoms with E-state index in [0.717, 1.165) is 37.7 Å². The minimum Gasteiger partial charge on any atom is -0.491 e. The Kier molecular flexibility index (Phi) is 7.25. The molecule has 32 heavy (non-hydrogen) atoms.